The number of hydrogen-bond acceptors (Lipinski definition) is 2. The molecule has 1 aliphatic carbocycles. The minimum Gasteiger partial charge on any atom is -0.352 e. The zero-order valence-electron chi connectivity index (χ0n) is 10.8. The summed E-state index contributed by atoms with van der Waals surface area (Å²) in [5, 5.41) is 0. The molecule has 0 atom stereocenters. The van der Waals surface area contributed by atoms with Gasteiger partial charge in [0.1, 0.15) is 4.90 Å². The van der Waals surface area contributed by atoms with Gasteiger partial charge in [-0.25, -0.2) is 12.7 Å². The van der Waals surface area contributed by atoms with Crippen LogP contribution in [0.25, 0.3) is 0 Å². The van der Waals surface area contributed by atoms with Gasteiger partial charge in [0.25, 0.3) is 0 Å². The molecule has 102 valence electrons. The monoisotopic (exact) mass is 290 g/mol. The Kier molecular flexibility index (Phi) is 4.04. The van der Waals surface area contributed by atoms with Gasteiger partial charge in [-0.2, -0.15) is 0 Å². The van der Waals surface area contributed by atoms with Crippen LogP contribution in [0, 0.1) is 5.92 Å². The van der Waals surface area contributed by atoms with Crippen molar-refractivity contribution in [2.75, 3.05) is 13.6 Å². The second-order valence-corrected chi connectivity index (χ2v) is 7.31. The third-order valence-corrected chi connectivity index (χ3v) is 5.73. The molecule has 1 aliphatic rings. The summed E-state index contributed by atoms with van der Waals surface area (Å²) in [5.74, 6) is 0.847. The molecule has 0 N–H and O–H groups in total. The van der Waals surface area contributed by atoms with Crippen molar-refractivity contribution in [3.8, 4) is 0 Å². The van der Waals surface area contributed by atoms with E-state index < -0.39 is 10.0 Å². The van der Waals surface area contributed by atoms with Gasteiger partial charge in [0, 0.05) is 32.5 Å². The second kappa shape index (κ2) is 5.23. The smallest absolute Gasteiger partial charge is 0.244 e. The molecule has 1 fully saturated rings. The zero-order valence-corrected chi connectivity index (χ0v) is 12.3. The molecule has 0 aliphatic heterocycles. The molecule has 0 spiro atoms. The lowest BCUT2D eigenvalue weighted by Gasteiger charge is -2.29. The highest BCUT2D eigenvalue weighted by Gasteiger charge is 2.27. The Balaban J connectivity index is 2.17. The highest BCUT2D eigenvalue weighted by Crippen LogP contribution is 2.28. The number of hydrogen-bond donors (Lipinski definition) is 0. The number of aryl methyl sites for hydroxylation is 1. The van der Waals surface area contributed by atoms with E-state index in [-0.39, 0.29) is 0 Å². The van der Waals surface area contributed by atoms with Gasteiger partial charge in [-0.05, 0) is 24.8 Å². The van der Waals surface area contributed by atoms with Crippen molar-refractivity contribution in [2.24, 2.45) is 13.0 Å². The standard InChI is InChI=1S/C12H19ClN2O2S/c1-14-9-12(6-11(14)7-13)18(16,17)15(2)8-10-4-3-5-10/h6,9-10H,3-5,7-8H2,1-2H3. The summed E-state index contributed by atoms with van der Waals surface area (Å²) in [5.41, 5.74) is 0.812. The third kappa shape index (κ3) is 2.58. The molecule has 6 heteroatoms. The van der Waals surface area contributed by atoms with Crippen molar-refractivity contribution in [1.82, 2.24) is 8.87 Å². The first-order valence-electron chi connectivity index (χ1n) is 6.12. The van der Waals surface area contributed by atoms with Crippen LogP contribution in [0.4, 0.5) is 0 Å². The first-order valence-corrected chi connectivity index (χ1v) is 8.10. The third-order valence-electron chi connectivity index (χ3n) is 3.67. The number of sulfonamides is 1. The number of nitrogens with zero attached hydrogens (tertiary/aromatic N) is 2. The van der Waals surface area contributed by atoms with Crippen LogP contribution in [-0.2, 0) is 23.0 Å². The van der Waals surface area contributed by atoms with Gasteiger partial charge in [-0.1, -0.05) is 6.42 Å². The topological polar surface area (TPSA) is 42.3 Å². The summed E-state index contributed by atoms with van der Waals surface area (Å²) in [6, 6.07) is 1.65. The van der Waals surface area contributed by atoms with Crippen molar-refractivity contribution >= 4 is 21.6 Å². The molecule has 1 aromatic heterocycles. The normalized spacial score (nSPS) is 17.1. The molecule has 18 heavy (non-hydrogen) atoms. The Morgan fingerprint density at radius 3 is 2.61 bits per heavy atom. The molecular weight excluding hydrogens is 272 g/mol. The highest BCUT2D eigenvalue weighted by molar-refractivity contribution is 7.89. The van der Waals surface area contributed by atoms with Gasteiger partial charge in [0.05, 0.1) is 5.88 Å². The fourth-order valence-electron chi connectivity index (χ4n) is 2.17. The predicted octanol–water partition coefficient (Wildman–Crippen LogP) is 2.18. The van der Waals surface area contributed by atoms with Crippen molar-refractivity contribution in [3.05, 3.63) is 18.0 Å². The Morgan fingerprint density at radius 1 is 1.50 bits per heavy atom. The molecule has 2 rings (SSSR count). The largest absolute Gasteiger partial charge is 0.352 e. The van der Waals surface area contributed by atoms with E-state index in [9.17, 15) is 8.42 Å². The molecular formula is C12H19ClN2O2S. The Bertz CT molecular complexity index is 520. The minimum atomic E-state index is -3.37. The van der Waals surface area contributed by atoms with E-state index in [2.05, 4.69) is 0 Å². The van der Waals surface area contributed by atoms with E-state index >= 15 is 0 Å². The van der Waals surface area contributed by atoms with Gasteiger partial charge in [-0.3, -0.25) is 0 Å². The van der Waals surface area contributed by atoms with E-state index in [1.54, 1.807) is 23.9 Å². The maximum absolute atomic E-state index is 12.4. The molecule has 0 radical (unpaired) electrons. The lowest BCUT2D eigenvalue weighted by atomic mass is 9.86. The van der Waals surface area contributed by atoms with Crippen LogP contribution < -0.4 is 0 Å². The Morgan fingerprint density at radius 2 is 2.17 bits per heavy atom. The fourth-order valence-corrected chi connectivity index (χ4v) is 3.78. The van der Waals surface area contributed by atoms with E-state index in [1.165, 1.54) is 10.7 Å². The van der Waals surface area contributed by atoms with Crippen molar-refractivity contribution < 1.29 is 8.42 Å². The molecule has 1 aromatic rings. The summed E-state index contributed by atoms with van der Waals surface area (Å²) in [4.78, 5) is 0.336. The fraction of sp³-hybridized carbons (Fsp3) is 0.667. The van der Waals surface area contributed by atoms with Crippen LogP contribution in [0.15, 0.2) is 17.2 Å². The SMILES string of the molecule is CN(CC1CCC1)S(=O)(=O)c1cc(CCl)n(C)c1. The maximum atomic E-state index is 12.4. The summed E-state index contributed by atoms with van der Waals surface area (Å²) in [6.07, 6.45) is 5.13. The molecule has 0 unspecified atom stereocenters. The van der Waals surface area contributed by atoms with Crippen molar-refractivity contribution in [2.45, 2.75) is 30.0 Å². The molecule has 0 saturated heterocycles. The van der Waals surface area contributed by atoms with Gasteiger partial charge in [0.15, 0.2) is 0 Å². The Labute approximate surface area is 114 Å². The molecule has 1 saturated carbocycles. The number of alkyl halides is 1. The summed E-state index contributed by atoms with van der Waals surface area (Å²) < 4.78 is 27.9. The van der Waals surface area contributed by atoms with Gasteiger partial charge in [0.2, 0.25) is 10.0 Å². The van der Waals surface area contributed by atoms with Crippen LogP contribution in [-0.4, -0.2) is 30.9 Å². The summed E-state index contributed by atoms with van der Waals surface area (Å²) in [6.45, 7) is 0.618. The van der Waals surface area contributed by atoms with E-state index in [4.69, 9.17) is 11.6 Å². The van der Waals surface area contributed by atoms with Crippen LogP contribution >= 0.6 is 11.6 Å². The van der Waals surface area contributed by atoms with Crippen LogP contribution in [0.3, 0.4) is 0 Å². The Hall–Kier alpha value is -0.520. The van der Waals surface area contributed by atoms with Crippen molar-refractivity contribution in [3.63, 3.8) is 0 Å². The van der Waals surface area contributed by atoms with Crippen LogP contribution in [0.2, 0.25) is 0 Å². The number of rotatable bonds is 5. The molecule has 4 nitrogen and oxygen atoms in total. The first kappa shape index (κ1) is 13.9. The average Bonchev–Trinajstić information content (AvgIpc) is 2.65. The molecule has 1 heterocycles. The van der Waals surface area contributed by atoms with Gasteiger partial charge >= 0.3 is 0 Å². The van der Waals surface area contributed by atoms with Gasteiger partial charge < -0.3 is 4.57 Å². The second-order valence-electron chi connectivity index (χ2n) is 4.99. The van der Waals surface area contributed by atoms with Crippen molar-refractivity contribution in [1.29, 1.82) is 0 Å². The zero-order chi connectivity index (χ0) is 13.3. The van der Waals surface area contributed by atoms with Crippen LogP contribution in [0.5, 0.6) is 0 Å². The maximum Gasteiger partial charge on any atom is 0.244 e. The average molecular weight is 291 g/mol. The molecule has 0 amide bonds. The van der Waals surface area contributed by atoms with Gasteiger partial charge in [-0.15, -0.1) is 11.6 Å². The lowest BCUT2D eigenvalue weighted by Crippen LogP contribution is -2.34. The van der Waals surface area contributed by atoms with E-state index in [1.807, 2.05) is 7.05 Å². The van der Waals surface area contributed by atoms with Crippen LogP contribution in [0.1, 0.15) is 25.0 Å². The summed E-state index contributed by atoms with van der Waals surface area (Å²) in [7, 11) is 0.0938. The highest BCUT2D eigenvalue weighted by atomic mass is 35.5. The summed E-state index contributed by atoms with van der Waals surface area (Å²) >= 11 is 5.76. The predicted molar refractivity (Wildman–Crippen MR) is 72.1 cm³/mol. The quantitative estimate of drug-likeness (QED) is 0.780. The van der Waals surface area contributed by atoms with E-state index in [0.717, 1.165) is 18.5 Å². The van der Waals surface area contributed by atoms with E-state index in [0.29, 0.717) is 23.2 Å². The number of aromatic nitrogens is 1. The number of halogens is 1. The molecule has 0 aromatic carbocycles. The molecule has 0 bridgehead atoms. The lowest BCUT2D eigenvalue weighted by molar-refractivity contribution is 0.263. The first-order chi connectivity index (χ1) is 8.45. The minimum absolute atomic E-state index is 0.318.